The number of amides is 3. The van der Waals surface area contributed by atoms with Crippen molar-refractivity contribution in [2.75, 3.05) is 50.0 Å². The number of rotatable bonds is 23. The SMILES string of the molecule is CCCCOC(=O)C[C@H](NC(=O)CCCN1CCc2c(nc(C(=O)Nc3cccc(-c4cccc(NC(=O)c5nc6c(n5C)CCN(CCCC(=O)O)C6)c4Cl)c3Cl)n2C)C1)C(=O)OCCCC. The van der Waals surface area contributed by atoms with Crippen molar-refractivity contribution in [1.82, 2.24) is 34.2 Å². The molecule has 2 aromatic carbocycles. The van der Waals surface area contributed by atoms with Gasteiger partial charge in [0, 0.05) is 88.5 Å². The van der Waals surface area contributed by atoms with Gasteiger partial charge in [0.2, 0.25) is 5.91 Å². The van der Waals surface area contributed by atoms with E-state index in [1.54, 1.807) is 59.6 Å². The molecule has 0 bridgehead atoms. The molecule has 0 unspecified atom stereocenters. The zero-order valence-electron chi connectivity index (χ0n) is 39.1. The molecule has 0 fully saturated rings. The lowest BCUT2D eigenvalue weighted by Crippen LogP contribution is -2.43. The number of aromatic nitrogens is 4. The van der Waals surface area contributed by atoms with Crippen LogP contribution in [0.5, 0.6) is 0 Å². The minimum Gasteiger partial charge on any atom is -0.481 e. The molecule has 20 heteroatoms. The van der Waals surface area contributed by atoms with E-state index in [1.807, 2.05) is 13.8 Å². The van der Waals surface area contributed by atoms with Gasteiger partial charge >= 0.3 is 17.9 Å². The summed E-state index contributed by atoms with van der Waals surface area (Å²) in [6, 6.07) is 9.25. The van der Waals surface area contributed by atoms with Gasteiger partial charge in [-0.05, 0) is 50.9 Å². The number of ether oxygens (including phenoxy) is 2. The third-order valence-electron chi connectivity index (χ3n) is 12.1. The Kier molecular flexibility index (Phi) is 18.5. The van der Waals surface area contributed by atoms with Crippen LogP contribution in [0.3, 0.4) is 0 Å². The summed E-state index contributed by atoms with van der Waals surface area (Å²) in [4.78, 5) is 90.2. The highest BCUT2D eigenvalue weighted by molar-refractivity contribution is 6.40. The van der Waals surface area contributed by atoms with Gasteiger partial charge in [-0.15, -0.1) is 0 Å². The number of esters is 2. The van der Waals surface area contributed by atoms with Gasteiger partial charge < -0.3 is 39.7 Å². The summed E-state index contributed by atoms with van der Waals surface area (Å²) in [7, 11) is 3.59. The summed E-state index contributed by atoms with van der Waals surface area (Å²) in [6.07, 6.45) is 5.30. The van der Waals surface area contributed by atoms with Crippen molar-refractivity contribution in [3.05, 3.63) is 80.9 Å². The number of fused-ring (bicyclic) bond motifs is 2. The van der Waals surface area contributed by atoms with Crippen LogP contribution < -0.4 is 16.0 Å². The Morgan fingerprint density at radius 2 is 1.19 bits per heavy atom. The van der Waals surface area contributed by atoms with Crippen LogP contribution in [0, 0.1) is 0 Å². The lowest BCUT2D eigenvalue weighted by Gasteiger charge is -2.26. The van der Waals surface area contributed by atoms with Gasteiger partial charge in [-0.25, -0.2) is 14.8 Å². The molecule has 0 saturated carbocycles. The van der Waals surface area contributed by atoms with E-state index < -0.39 is 35.8 Å². The van der Waals surface area contributed by atoms with E-state index in [2.05, 4.69) is 30.7 Å². The first kappa shape index (κ1) is 51.6. The van der Waals surface area contributed by atoms with Crippen LogP contribution in [0.25, 0.3) is 11.1 Å². The number of carboxylic acid groups (broad SMARTS) is 1. The van der Waals surface area contributed by atoms with Gasteiger partial charge in [0.05, 0.1) is 52.4 Å². The molecule has 1 atom stereocenters. The number of carbonyl (C=O) groups excluding carboxylic acids is 5. The van der Waals surface area contributed by atoms with Gasteiger partial charge in [-0.3, -0.25) is 33.8 Å². The molecule has 0 radical (unpaired) electrons. The first-order valence-electron chi connectivity index (χ1n) is 23.3. The lowest BCUT2D eigenvalue weighted by atomic mass is 10.0. The molecule has 18 nitrogen and oxygen atoms in total. The molecule has 0 saturated heterocycles. The minimum absolute atomic E-state index is 0.0953. The fraction of sp³-hybridized carbons (Fsp3) is 0.500. The molecular weight excluding hydrogens is 917 g/mol. The number of aliphatic carboxylic acids is 1. The molecule has 3 amide bonds. The molecular formula is C48H61Cl2N9O9. The van der Waals surface area contributed by atoms with E-state index in [0.29, 0.717) is 93.8 Å². The van der Waals surface area contributed by atoms with Crippen LogP contribution in [0.1, 0.15) is 116 Å². The Hall–Kier alpha value is -5.82. The number of imidazole rings is 2. The van der Waals surface area contributed by atoms with E-state index in [-0.39, 0.29) is 60.1 Å². The Bertz CT molecular complexity index is 2490. The third kappa shape index (κ3) is 13.2. The molecule has 0 aliphatic carbocycles. The van der Waals surface area contributed by atoms with Crippen molar-refractivity contribution in [2.45, 2.75) is 104 Å². The molecule has 366 valence electrons. The second kappa shape index (κ2) is 24.5. The average molecular weight is 979 g/mol. The number of nitrogens with one attached hydrogen (secondary N) is 3. The van der Waals surface area contributed by atoms with Gasteiger partial charge in [0.1, 0.15) is 6.04 Å². The van der Waals surface area contributed by atoms with E-state index in [4.69, 9.17) is 42.8 Å². The topological polar surface area (TPSA) is 219 Å². The Morgan fingerprint density at radius 1 is 0.706 bits per heavy atom. The molecule has 4 heterocycles. The fourth-order valence-electron chi connectivity index (χ4n) is 8.33. The van der Waals surface area contributed by atoms with Crippen molar-refractivity contribution in [3.8, 4) is 11.1 Å². The first-order chi connectivity index (χ1) is 32.7. The largest absolute Gasteiger partial charge is 0.481 e. The quantitative estimate of drug-likeness (QED) is 0.0458. The van der Waals surface area contributed by atoms with Crippen LogP contribution in [0.15, 0.2) is 36.4 Å². The number of halogens is 2. The number of carbonyl (C=O) groups is 6. The number of anilines is 2. The number of carboxylic acids is 1. The van der Waals surface area contributed by atoms with Crippen molar-refractivity contribution in [2.24, 2.45) is 14.1 Å². The summed E-state index contributed by atoms with van der Waals surface area (Å²) in [5.74, 6) is -2.91. The van der Waals surface area contributed by atoms with E-state index in [9.17, 15) is 28.8 Å². The lowest BCUT2D eigenvalue weighted by molar-refractivity contribution is -0.154. The highest BCUT2D eigenvalue weighted by atomic mass is 35.5. The second-order valence-corrected chi connectivity index (χ2v) is 17.8. The molecule has 6 rings (SSSR count). The van der Waals surface area contributed by atoms with Crippen LogP contribution in [0.4, 0.5) is 11.4 Å². The fourth-order valence-corrected chi connectivity index (χ4v) is 8.88. The third-order valence-corrected chi connectivity index (χ3v) is 12.9. The smallest absolute Gasteiger partial charge is 0.329 e. The maximum atomic E-state index is 13.8. The van der Waals surface area contributed by atoms with Gasteiger partial charge in [0.25, 0.3) is 11.8 Å². The predicted octanol–water partition coefficient (Wildman–Crippen LogP) is 6.55. The van der Waals surface area contributed by atoms with Crippen molar-refractivity contribution >= 4 is 70.2 Å². The zero-order valence-corrected chi connectivity index (χ0v) is 40.6. The van der Waals surface area contributed by atoms with Gasteiger partial charge in [0.15, 0.2) is 11.6 Å². The molecule has 2 aromatic heterocycles. The standard InChI is InChI=1S/C48H61Cl2N9O9/c1-5-7-25-67-41(63)27-34(48(66)68-26-8-6-2)51-39(60)17-11-21-58-23-19-37-35(28-58)52-44(56(37)3)46(64)54-32-15-9-13-30(42(32)49)31-14-10-16-33(43(31)50)55-47(65)45-53-36-29-59(22-12-18-40(61)62)24-20-38(36)57(45)4/h9-10,13-16,34H,5-8,11-12,17-29H2,1-4H3,(H,51,60)(H,54,64)(H,55,65)(H,61,62)/t34-/m0/s1. The summed E-state index contributed by atoms with van der Waals surface area (Å²) in [5, 5.41) is 18.0. The van der Waals surface area contributed by atoms with Crippen molar-refractivity contribution in [3.63, 3.8) is 0 Å². The normalized spacial score (nSPS) is 14.1. The maximum absolute atomic E-state index is 13.8. The maximum Gasteiger partial charge on any atom is 0.329 e. The molecule has 4 N–H and O–H groups in total. The van der Waals surface area contributed by atoms with E-state index in [1.165, 1.54) is 0 Å². The molecule has 2 aliphatic heterocycles. The summed E-state index contributed by atoms with van der Waals surface area (Å²) in [5.41, 5.74) is 5.13. The van der Waals surface area contributed by atoms with Crippen LogP contribution in [0.2, 0.25) is 10.0 Å². The number of benzene rings is 2. The minimum atomic E-state index is -1.13. The van der Waals surface area contributed by atoms with E-state index in [0.717, 1.165) is 42.2 Å². The van der Waals surface area contributed by atoms with Gasteiger partial charge in [-0.1, -0.05) is 74.2 Å². The molecule has 4 aromatic rings. The number of hydrogen-bond donors (Lipinski definition) is 4. The van der Waals surface area contributed by atoms with Crippen molar-refractivity contribution < 1.29 is 43.3 Å². The summed E-state index contributed by atoms with van der Waals surface area (Å²) >= 11 is 13.9. The first-order valence-corrected chi connectivity index (χ1v) is 24.0. The summed E-state index contributed by atoms with van der Waals surface area (Å²) in [6.45, 7) is 7.99. The second-order valence-electron chi connectivity index (χ2n) is 17.1. The number of hydrogen-bond acceptors (Lipinski definition) is 12. The molecule has 68 heavy (non-hydrogen) atoms. The van der Waals surface area contributed by atoms with Crippen LogP contribution in [-0.4, -0.2) is 115 Å². The van der Waals surface area contributed by atoms with Crippen molar-refractivity contribution in [1.29, 1.82) is 0 Å². The van der Waals surface area contributed by atoms with Crippen LogP contribution >= 0.6 is 23.2 Å². The van der Waals surface area contributed by atoms with Gasteiger partial charge in [-0.2, -0.15) is 0 Å². The van der Waals surface area contributed by atoms with E-state index >= 15 is 0 Å². The monoisotopic (exact) mass is 977 g/mol. The highest BCUT2D eigenvalue weighted by Gasteiger charge is 2.30. The summed E-state index contributed by atoms with van der Waals surface area (Å²) < 4.78 is 14.1. The molecule has 2 aliphatic rings. The highest BCUT2D eigenvalue weighted by Crippen LogP contribution is 2.40. The Labute approximate surface area is 406 Å². The predicted molar refractivity (Wildman–Crippen MR) is 257 cm³/mol. The Balaban J connectivity index is 1.04. The number of nitrogens with zero attached hydrogens (tertiary/aromatic N) is 6. The number of unbranched alkanes of at least 4 members (excludes halogenated alkanes) is 2. The molecule has 0 spiro atoms. The average Bonchev–Trinajstić information content (AvgIpc) is 3.82. The van der Waals surface area contributed by atoms with Crippen LogP contribution in [-0.2, 0) is 68.7 Å². The zero-order chi connectivity index (χ0) is 48.9. The Morgan fingerprint density at radius 3 is 1.68 bits per heavy atom.